The molecular formula is C17H20N2O2. The molecule has 3 rings (SSSR count). The van der Waals surface area contributed by atoms with Gasteiger partial charge >= 0.3 is 0 Å². The van der Waals surface area contributed by atoms with E-state index >= 15 is 0 Å². The molecule has 1 amide bonds. The van der Waals surface area contributed by atoms with Crippen LogP contribution in [0.2, 0.25) is 0 Å². The van der Waals surface area contributed by atoms with E-state index in [9.17, 15) is 9.90 Å². The van der Waals surface area contributed by atoms with Crippen molar-refractivity contribution in [1.82, 2.24) is 9.88 Å². The first-order valence-electron chi connectivity index (χ1n) is 7.40. The number of piperidine rings is 1. The fourth-order valence-corrected chi connectivity index (χ4v) is 2.83. The first kappa shape index (κ1) is 14.0. The Labute approximate surface area is 124 Å². The van der Waals surface area contributed by atoms with Crippen LogP contribution in [-0.2, 0) is 0 Å². The Morgan fingerprint density at radius 3 is 2.67 bits per heavy atom. The second-order valence-corrected chi connectivity index (χ2v) is 5.84. The first-order chi connectivity index (χ1) is 10.0. The molecule has 0 saturated carbocycles. The van der Waals surface area contributed by atoms with Gasteiger partial charge in [-0.2, -0.15) is 0 Å². The topological polar surface area (TPSA) is 53.4 Å². The number of hydrogen-bond donors (Lipinski definition) is 1. The number of aliphatic hydroxyl groups excluding tert-OH is 1. The maximum atomic E-state index is 12.6. The van der Waals surface area contributed by atoms with E-state index in [1.807, 2.05) is 43.0 Å². The summed E-state index contributed by atoms with van der Waals surface area (Å²) in [5.41, 5.74) is 3.53. The van der Waals surface area contributed by atoms with E-state index < -0.39 is 0 Å². The monoisotopic (exact) mass is 284 g/mol. The number of aromatic nitrogens is 1. The van der Waals surface area contributed by atoms with Gasteiger partial charge in [0.15, 0.2) is 0 Å². The molecule has 4 heteroatoms. The lowest BCUT2D eigenvalue weighted by molar-refractivity contribution is 0.0545. The van der Waals surface area contributed by atoms with Crippen molar-refractivity contribution in [3.05, 3.63) is 41.1 Å². The zero-order valence-electron chi connectivity index (χ0n) is 12.5. The zero-order chi connectivity index (χ0) is 15.0. The molecule has 1 aromatic carbocycles. The summed E-state index contributed by atoms with van der Waals surface area (Å²) >= 11 is 0. The number of hydrogen-bond acceptors (Lipinski definition) is 3. The van der Waals surface area contributed by atoms with Crippen LogP contribution in [0, 0.1) is 13.8 Å². The molecule has 0 unspecified atom stereocenters. The fourth-order valence-electron chi connectivity index (χ4n) is 2.83. The second kappa shape index (κ2) is 5.45. The third-order valence-corrected chi connectivity index (χ3v) is 4.15. The van der Waals surface area contributed by atoms with Gasteiger partial charge in [0.1, 0.15) is 0 Å². The summed E-state index contributed by atoms with van der Waals surface area (Å²) in [4.78, 5) is 19.0. The summed E-state index contributed by atoms with van der Waals surface area (Å²) in [5.74, 6) is 0.0226. The Balaban J connectivity index is 1.94. The van der Waals surface area contributed by atoms with Crippen LogP contribution in [-0.4, -0.2) is 40.1 Å². The largest absolute Gasteiger partial charge is 0.393 e. The van der Waals surface area contributed by atoms with Crippen molar-refractivity contribution in [3.63, 3.8) is 0 Å². The molecule has 0 bridgehead atoms. The van der Waals surface area contributed by atoms with Gasteiger partial charge in [-0.25, -0.2) is 0 Å². The van der Waals surface area contributed by atoms with E-state index in [2.05, 4.69) is 4.98 Å². The summed E-state index contributed by atoms with van der Waals surface area (Å²) in [6.45, 7) is 5.15. The zero-order valence-corrected chi connectivity index (χ0v) is 12.5. The average molecular weight is 284 g/mol. The van der Waals surface area contributed by atoms with Gasteiger partial charge in [-0.3, -0.25) is 9.78 Å². The van der Waals surface area contributed by atoms with Crippen LogP contribution in [0.1, 0.15) is 34.5 Å². The van der Waals surface area contributed by atoms with Gasteiger partial charge in [-0.05, 0) is 44.4 Å². The van der Waals surface area contributed by atoms with Gasteiger partial charge in [0, 0.05) is 18.5 Å². The number of rotatable bonds is 1. The number of aryl methyl sites for hydroxylation is 2. The number of nitrogens with zero attached hydrogens (tertiary/aromatic N) is 2. The van der Waals surface area contributed by atoms with Gasteiger partial charge in [-0.1, -0.05) is 12.1 Å². The minimum Gasteiger partial charge on any atom is -0.393 e. The summed E-state index contributed by atoms with van der Waals surface area (Å²) < 4.78 is 0. The molecule has 0 aliphatic carbocycles. The van der Waals surface area contributed by atoms with Crippen molar-refractivity contribution >= 4 is 16.8 Å². The number of aliphatic hydroxyl groups is 1. The Bertz CT molecular complexity index is 688. The maximum absolute atomic E-state index is 12.6. The Hall–Kier alpha value is -1.94. The number of likely N-dealkylation sites (tertiary alicyclic amines) is 1. The van der Waals surface area contributed by atoms with Crippen LogP contribution in [0.15, 0.2) is 24.3 Å². The highest BCUT2D eigenvalue weighted by atomic mass is 16.3. The third-order valence-electron chi connectivity index (χ3n) is 4.15. The molecule has 0 radical (unpaired) electrons. The fraction of sp³-hybridized carbons (Fsp3) is 0.412. The normalized spacial score (nSPS) is 16.4. The van der Waals surface area contributed by atoms with E-state index in [0.29, 0.717) is 31.5 Å². The van der Waals surface area contributed by atoms with Crippen molar-refractivity contribution in [2.45, 2.75) is 32.8 Å². The van der Waals surface area contributed by atoms with Crippen LogP contribution in [0.3, 0.4) is 0 Å². The third kappa shape index (κ3) is 2.76. The molecule has 1 aromatic heterocycles. The standard InChI is InChI=1S/C17H20N2O2/c1-11-3-4-13-10-15(12(2)18-16(13)9-11)17(21)19-7-5-14(20)6-8-19/h3-4,9-10,14,20H,5-8H2,1-2H3. The lowest BCUT2D eigenvalue weighted by Gasteiger charge is -2.30. The lowest BCUT2D eigenvalue weighted by atomic mass is 10.0. The molecule has 1 aliphatic rings. The molecule has 2 heterocycles. The van der Waals surface area contributed by atoms with Crippen LogP contribution in [0.5, 0.6) is 0 Å². The molecule has 0 spiro atoms. The summed E-state index contributed by atoms with van der Waals surface area (Å²) in [7, 11) is 0. The van der Waals surface area contributed by atoms with Gasteiger partial charge in [-0.15, -0.1) is 0 Å². The first-order valence-corrected chi connectivity index (χ1v) is 7.40. The molecule has 1 N–H and O–H groups in total. The van der Waals surface area contributed by atoms with Crippen LogP contribution < -0.4 is 0 Å². The predicted octanol–water partition coefficient (Wildman–Crippen LogP) is 2.45. The quantitative estimate of drug-likeness (QED) is 0.875. The molecule has 1 aliphatic heterocycles. The van der Waals surface area contributed by atoms with Gasteiger partial charge in [0.05, 0.1) is 22.9 Å². The Morgan fingerprint density at radius 1 is 1.24 bits per heavy atom. The van der Waals surface area contributed by atoms with Gasteiger partial charge < -0.3 is 10.0 Å². The van der Waals surface area contributed by atoms with Crippen molar-refractivity contribution in [1.29, 1.82) is 0 Å². The Morgan fingerprint density at radius 2 is 1.95 bits per heavy atom. The number of amides is 1. The minimum absolute atomic E-state index is 0.0226. The number of pyridine rings is 1. The SMILES string of the molecule is Cc1ccc2cc(C(=O)N3CCC(O)CC3)c(C)nc2c1. The molecular weight excluding hydrogens is 264 g/mol. The molecule has 0 atom stereocenters. The average Bonchev–Trinajstić information content (AvgIpc) is 2.46. The summed E-state index contributed by atoms with van der Waals surface area (Å²) in [5, 5.41) is 10.5. The highest BCUT2D eigenvalue weighted by Crippen LogP contribution is 2.21. The summed E-state index contributed by atoms with van der Waals surface area (Å²) in [6.07, 6.45) is 1.04. The van der Waals surface area contributed by atoms with E-state index in [1.165, 1.54) is 5.56 Å². The summed E-state index contributed by atoms with van der Waals surface area (Å²) in [6, 6.07) is 8.01. The highest BCUT2D eigenvalue weighted by molar-refractivity contribution is 5.98. The van der Waals surface area contributed by atoms with Crippen molar-refractivity contribution in [2.24, 2.45) is 0 Å². The molecule has 2 aromatic rings. The van der Waals surface area contributed by atoms with Crippen molar-refractivity contribution < 1.29 is 9.90 Å². The van der Waals surface area contributed by atoms with Crippen LogP contribution >= 0.6 is 0 Å². The smallest absolute Gasteiger partial charge is 0.255 e. The predicted molar refractivity (Wildman–Crippen MR) is 82.4 cm³/mol. The Kier molecular flexibility index (Phi) is 3.64. The highest BCUT2D eigenvalue weighted by Gasteiger charge is 2.23. The maximum Gasteiger partial charge on any atom is 0.255 e. The molecule has 1 saturated heterocycles. The molecule has 1 fully saturated rings. The van der Waals surface area contributed by atoms with Crippen molar-refractivity contribution in [3.8, 4) is 0 Å². The van der Waals surface area contributed by atoms with Crippen LogP contribution in [0.25, 0.3) is 10.9 Å². The number of carbonyl (C=O) groups excluding carboxylic acids is 1. The lowest BCUT2D eigenvalue weighted by Crippen LogP contribution is -2.40. The van der Waals surface area contributed by atoms with Gasteiger partial charge in [0.2, 0.25) is 0 Å². The number of carbonyl (C=O) groups is 1. The number of fused-ring (bicyclic) bond motifs is 1. The van der Waals surface area contributed by atoms with Crippen LogP contribution in [0.4, 0.5) is 0 Å². The molecule has 110 valence electrons. The second-order valence-electron chi connectivity index (χ2n) is 5.84. The number of benzene rings is 1. The molecule has 21 heavy (non-hydrogen) atoms. The van der Waals surface area contributed by atoms with Gasteiger partial charge in [0.25, 0.3) is 5.91 Å². The minimum atomic E-state index is -0.271. The van der Waals surface area contributed by atoms with E-state index in [0.717, 1.165) is 16.6 Å². The van der Waals surface area contributed by atoms with E-state index in [-0.39, 0.29) is 12.0 Å². The molecule has 4 nitrogen and oxygen atoms in total. The van der Waals surface area contributed by atoms with E-state index in [4.69, 9.17) is 0 Å². The van der Waals surface area contributed by atoms with E-state index in [1.54, 1.807) is 0 Å². The van der Waals surface area contributed by atoms with Crippen molar-refractivity contribution in [2.75, 3.05) is 13.1 Å².